The van der Waals surface area contributed by atoms with Gasteiger partial charge in [0.2, 0.25) is 0 Å². The summed E-state index contributed by atoms with van der Waals surface area (Å²) in [6.45, 7) is 1.87. The maximum absolute atomic E-state index is 11.8. The molecule has 0 aliphatic heterocycles. The lowest BCUT2D eigenvalue weighted by Crippen LogP contribution is -2.12. The van der Waals surface area contributed by atoms with Gasteiger partial charge in [0, 0.05) is 12.4 Å². The number of benzene rings is 1. The first-order chi connectivity index (χ1) is 8.16. The van der Waals surface area contributed by atoms with E-state index in [9.17, 15) is 9.90 Å². The predicted octanol–water partition coefficient (Wildman–Crippen LogP) is 2.35. The molecular weight excluding hydrogens is 216 g/mol. The fourth-order valence-corrected chi connectivity index (χ4v) is 1.44. The molecule has 2 aromatic rings. The van der Waals surface area contributed by atoms with Crippen LogP contribution in [0.1, 0.15) is 15.9 Å². The van der Waals surface area contributed by atoms with Crippen LogP contribution >= 0.6 is 0 Å². The highest BCUT2D eigenvalue weighted by atomic mass is 16.3. The largest absolute Gasteiger partial charge is 0.506 e. The first kappa shape index (κ1) is 11.1. The van der Waals surface area contributed by atoms with Crippen molar-refractivity contribution in [3.63, 3.8) is 0 Å². The molecule has 0 unspecified atom stereocenters. The zero-order valence-corrected chi connectivity index (χ0v) is 9.34. The Kier molecular flexibility index (Phi) is 3.05. The summed E-state index contributed by atoms with van der Waals surface area (Å²) >= 11 is 0. The van der Waals surface area contributed by atoms with Crippen LogP contribution in [0.2, 0.25) is 0 Å². The van der Waals surface area contributed by atoms with E-state index in [1.165, 1.54) is 6.20 Å². The summed E-state index contributed by atoms with van der Waals surface area (Å²) in [6.07, 6.45) is 3.07. The van der Waals surface area contributed by atoms with Crippen LogP contribution in [-0.4, -0.2) is 16.0 Å². The molecule has 17 heavy (non-hydrogen) atoms. The SMILES string of the molecule is Cc1ccc(NC(=O)c2cccnc2)c(O)c1. The van der Waals surface area contributed by atoms with Crippen molar-refractivity contribution < 1.29 is 9.90 Å². The Labute approximate surface area is 98.9 Å². The number of aromatic hydroxyl groups is 1. The lowest BCUT2D eigenvalue weighted by molar-refractivity contribution is 0.102. The van der Waals surface area contributed by atoms with Gasteiger partial charge in [-0.3, -0.25) is 9.78 Å². The number of amides is 1. The summed E-state index contributed by atoms with van der Waals surface area (Å²) in [5, 5.41) is 12.3. The average Bonchev–Trinajstić information content (AvgIpc) is 2.34. The third-order valence-electron chi connectivity index (χ3n) is 2.33. The summed E-state index contributed by atoms with van der Waals surface area (Å²) in [5.41, 5.74) is 1.78. The van der Waals surface area contributed by atoms with E-state index in [1.807, 2.05) is 13.0 Å². The number of nitrogens with zero attached hydrogens (tertiary/aromatic N) is 1. The Hall–Kier alpha value is -2.36. The van der Waals surface area contributed by atoms with E-state index in [-0.39, 0.29) is 11.7 Å². The quantitative estimate of drug-likeness (QED) is 0.775. The smallest absolute Gasteiger partial charge is 0.257 e. The second-order valence-electron chi connectivity index (χ2n) is 3.72. The lowest BCUT2D eigenvalue weighted by Gasteiger charge is -2.07. The van der Waals surface area contributed by atoms with Crippen LogP contribution in [-0.2, 0) is 0 Å². The molecule has 0 aliphatic carbocycles. The molecule has 2 rings (SSSR count). The fraction of sp³-hybridized carbons (Fsp3) is 0.0769. The number of rotatable bonds is 2. The van der Waals surface area contributed by atoms with Gasteiger partial charge in [0.15, 0.2) is 0 Å². The van der Waals surface area contributed by atoms with E-state index < -0.39 is 0 Å². The third kappa shape index (κ3) is 2.60. The molecule has 0 fully saturated rings. The Morgan fingerprint density at radius 3 is 2.82 bits per heavy atom. The summed E-state index contributed by atoms with van der Waals surface area (Å²) in [5.74, 6) is -0.237. The molecule has 0 saturated heterocycles. The summed E-state index contributed by atoms with van der Waals surface area (Å²) in [6, 6.07) is 8.42. The Balaban J connectivity index is 2.19. The number of aromatic nitrogens is 1. The molecule has 0 spiro atoms. The van der Waals surface area contributed by atoms with E-state index in [1.54, 1.807) is 30.5 Å². The van der Waals surface area contributed by atoms with Gasteiger partial charge in [-0.15, -0.1) is 0 Å². The van der Waals surface area contributed by atoms with Crippen molar-refractivity contribution in [3.05, 3.63) is 53.9 Å². The number of phenolic OH excluding ortho intramolecular Hbond substituents is 1. The van der Waals surface area contributed by atoms with Crippen LogP contribution in [0, 0.1) is 6.92 Å². The second kappa shape index (κ2) is 4.65. The predicted molar refractivity (Wildman–Crippen MR) is 65.0 cm³/mol. The van der Waals surface area contributed by atoms with Crippen LogP contribution in [0.4, 0.5) is 5.69 Å². The minimum Gasteiger partial charge on any atom is -0.506 e. The minimum absolute atomic E-state index is 0.0576. The number of aryl methyl sites for hydroxylation is 1. The maximum atomic E-state index is 11.8. The molecule has 4 nitrogen and oxygen atoms in total. The van der Waals surface area contributed by atoms with Crippen molar-refractivity contribution >= 4 is 11.6 Å². The highest BCUT2D eigenvalue weighted by molar-refractivity contribution is 6.04. The van der Waals surface area contributed by atoms with E-state index in [0.717, 1.165) is 5.56 Å². The number of anilines is 1. The van der Waals surface area contributed by atoms with Crippen molar-refractivity contribution in [1.29, 1.82) is 0 Å². The van der Waals surface area contributed by atoms with Gasteiger partial charge in [-0.2, -0.15) is 0 Å². The number of carbonyl (C=O) groups excluding carboxylic acids is 1. The summed E-state index contributed by atoms with van der Waals surface area (Å²) in [7, 11) is 0. The zero-order chi connectivity index (χ0) is 12.3. The molecule has 0 saturated carbocycles. The third-order valence-corrected chi connectivity index (χ3v) is 2.33. The molecule has 0 aliphatic rings. The first-order valence-corrected chi connectivity index (χ1v) is 5.18. The second-order valence-corrected chi connectivity index (χ2v) is 3.72. The van der Waals surface area contributed by atoms with E-state index >= 15 is 0 Å². The van der Waals surface area contributed by atoms with Crippen LogP contribution in [0.3, 0.4) is 0 Å². The number of hydrogen-bond acceptors (Lipinski definition) is 3. The number of phenols is 1. The van der Waals surface area contributed by atoms with Gasteiger partial charge in [0.25, 0.3) is 5.91 Å². The van der Waals surface area contributed by atoms with Gasteiger partial charge in [0.05, 0.1) is 11.3 Å². The van der Waals surface area contributed by atoms with Crippen LogP contribution in [0.25, 0.3) is 0 Å². The molecule has 86 valence electrons. The standard InChI is InChI=1S/C13H12N2O2/c1-9-4-5-11(12(16)7-9)15-13(17)10-3-2-6-14-8-10/h2-8,16H,1H3,(H,15,17). The summed E-state index contributed by atoms with van der Waals surface area (Å²) < 4.78 is 0. The Bertz CT molecular complexity index is 538. The molecule has 2 N–H and O–H groups in total. The normalized spacial score (nSPS) is 9.94. The van der Waals surface area contributed by atoms with Gasteiger partial charge in [-0.25, -0.2) is 0 Å². The van der Waals surface area contributed by atoms with Gasteiger partial charge in [-0.1, -0.05) is 6.07 Å². The highest BCUT2D eigenvalue weighted by Gasteiger charge is 2.08. The molecule has 4 heteroatoms. The maximum Gasteiger partial charge on any atom is 0.257 e. The lowest BCUT2D eigenvalue weighted by atomic mass is 10.2. The highest BCUT2D eigenvalue weighted by Crippen LogP contribution is 2.24. The van der Waals surface area contributed by atoms with Crippen molar-refractivity contribution in [3.8, 4) is 5.75 Å². The van der Waals surface area contributed by atoms with Crippen LogP contribution in [0.15, 0.2) is 42.7 Å². The molecule has 1 aromatic carbocycles. The molecular formula is C13H12N2O2. The summed E-state index contributed by atoms with van der Waals surface area (Å²) in [4.78, 5) is 15.6. The topological polar surface area (TPSA) is 62.2 Å². The Morgan fingerprint density at radius 2 is 2.18 bits per heavy atom. The monoisotopic (exact) mass is 228 g/mol. The Morgan fingerprint density at radius 1 is 1.35 bits per heavy atom. The van der Waals surface area contributed by atoms with E-state index in [4.69, 9.17) is 0 Å². The van der Waals surface area contributed by atoms with Crippen molar-refractivity contribution in [2.45, 2.75) is 6.92 Å². The zero-order valence-electron chi connectivity index (χ0n) is 9.34. The van der Waals surface area contributed by atoms with Crippen LogP contribution < -0.4 is 5.32 Å². The number of nitrogens with one attached hydrogen (secondary N) is 1. The van der Waals surface area contributed by atoms with Gasteiger partial charge >= 0.3 is 0 Å². The molecule has 0 atom stereocenters. The molecule has 1 aromatic heterocycles. The number of hydrogen-bond donors (Lipinski definition) is 2. The van der Waals surface area contributed by atoms with E-state index in [0.29, 0.717) is 11.3 Å². The van der Waals surface area contributed by atoms with Crippen molar-refractivity contribution in [2.24, 2.45) is 0 Å². The van der Waals surface area contributed by atoms with Crippen LogP contribution in [0.5, 0.6) is 5.75 Å². The molecule has 0 radical (unpaired) electrons. The minimum atomic E-state index is -0.294. The molecule has 0 bridgehead atoms. The average molecular weight is 228 g/mol. The van der Waals surface area contributed by atoms with Gasteiger partial charge in [-0.05, 0) is 36.8 Å². The number of pyridine rings is 1. The molecule has 1 heterocycles. The first-order valence-electron chi connectivity index (χ1n) is 5.18. The van der Waals surface area contributed by atoms with Gasteiger partial charge in [0.1, 0.15) is 5.75 Å². The number of carbonyl (C=O) groups is 1. The molecule has 1 amide bonds. The van der Waals surface area contributed by atoms with Crippen molar-refractivity contribution in [2.75, 3.05) is 5.32 Å². The van der Waals surface area contributed by atoms with E-state index in [2.05, 4.69) is 10.3 Å². The van der Waals surface area contributed by atoms with Crippen molar-refractivity contribution in [1.82, 2.24) is 4.98 Å². The van der Waals surface area contributed by atoms with Gasteiger partial charge < -0.3 is 10.4 Å². The fourth-order valence-electron chi connectivity index (χ4n) is 1.44.